The second kappa shape index (κ2) is 8.51. The van der Waals surface area contributed by atoms with Gasteiger partial charge in [0.1, 0.15) is 12.2 Å². The maximum Gasteiger partial charge on any atom is 0.410 e. The first-order valence-electron chi connectivity index (χ1n) is 7.55. The van der Waals surface area contributed by atoms with Crippen LogP contribution in [0.1, 0.15) is 27.2 Å². The normalized spacial score (nSPS) is 15.4. The molecule has 0 aromatic rings. The average Bonchev–Trinajstić information content (AvgIpc) is 2.34. The standard InChI is InChI=1S/C14H22Cl3N3O5/c1-13(2,3)25-11(22)19-6-9(7-19)20(5-4-10(18)21)12(23)24-8-14(15,16)17/h9H,4-8H2,1-3H3,(H2,18,21). The highest BCUT2D eigenvalue weighted by Gasteiger charge is 2.40. The summed E-state index contributed by atoms with van der Waals surface area (Å²) in [5, 5.41) is 0. The van der Waals surface area contributed by atoms with E-state index in [2.05, 4.69) is 0 Å². The van der Waals surface area contributed by atoms with Crippen LogP contribution in [0.25, 0.3) is 0 Å². The summed E-state index contributed by atoms with van der Waals surface area (Å²) < 4.78 is 8.44. The van der Waals surface area contributed by atoms with E-state index in [0.29, 0.717) is 0 Å². The molecule has 0 bridgehead atoms. The molecule has 11 heteroatoms. The Labute approximate surface area is 161 Å². The Morgan fingerprint density at radius 2 is 1.76 bits per heavy atom. The Morgan fingerprint density at radius 1 is 1.20 bits per heavy atom. The maximum atomic E-state index is 12.2. The van der Waals surface area contributed by atoms with Crippen LogP contribution in [-0.4, -0.2) is 69.6 Å². The van der Waals surface area contributed by atoms with Crippen LogP contribution in [-0.2, 0) is 14.3 Å². The quantitative estimate of drug-likeness (QED) is 0.690. The monoisotopic (exact) mass is 417 g/mol. The Hall–Kier alpha value is -1.12. The van der Waals surface area contributed by atoms with Gasteiger partial charge >= 0.3 is 12.2 Å². The van der Waals surface area contributed by atoms with Crippen molar-refractivity contribution in [3.05, 3.63) is 0 Å². The number of nitrogens with zero attached hydrogens (tertiary/aromatic N) is 2. The van der Waals surface area contributed by atoms with Gasteiger partial charge in [-0.3, -0.25) is 4.79 Å². The minimum atomic E-state index is -1.74. The molecule has 2 N–H and O–H groups in total. The lowest BCUT2D eigenvalue weighted by atomic mass is 10.1. The number of halogens is 3. The number of ether oxygens (including phenoxy) is 2. The van der Waals surface area contributed by atoms with Crippen LogP contribution in [0.2, 0.25) is 0 Å². The molecular weight excluding hydrogens is 397 g/mol. The van der Waals surface area contributed by atoms with E-state index >= 15 is 0 Å². The van der Waals surface area contributed by atoms with Gasteiger partial charge in [0, 0.05) is 26.1 Å². The molecular formula is C14H22Cl3N3O5. The van der Waals surface area contributed by atoms with Crippen molar-refractivity contribution in [3.8, 4) is 0 Å². The van der Waals surface area contributed by atoms with Gasteiger partial charge in [-0.1, -0.05) is 34.8 Å². The molecule has 144 valence electrons. The number of carbonyl (C=O) groups excluding carboxylic acids is 3. The number of primary amides is 1. The molecule has 0 radical (unpaired) electrons. The highest BCUT2D eigenvalue weighted by Crippen LogP contribution is 2.27. The Morgan fingerprint density at radius 3 is 2.20 bits per heavy atom. The minimum absolute atomic E-state index is 0.0425. The number of rotatable bonds is 5. The zero-order valence-corrected chi connectivity index (χ0v) is 16.5. The largest absolute Gasteiger partial charge is 0.445 e. The third kappa shape index (κ3) is 8.20. The fourth-order valence-electron chi connectivity index (χ4n) is 2.01. The van der Waals surface area contributed by atoms with Crippen molar-refractivity contribution in [1.29, 1.82) is 0 Å². The molecule has 25 heavy (non-hydrogen) atoms. The molecule has 0 atom stereocenters. The molecule has 0 aromatic carbocycles. The van der Waals surface area contributed by atoms with Gasteiger partial charge in [0.2, 0.25) is 9.70 Å². The lowest BCUT2D eigenvalue weighted by Crippen LogP contribution is -2.63. The molecule has 8 nitrogen and oxygen atoms in total. The van der Waals surface area contributed by atoms with Crippen LogP contribution in [0.3, 0.4) is 0 Å². The average molecular weight is 419 g/mol. The Bertz CT molecular complexity index is 513. The van der Waals surface area contributed by atoms with Crippen molar-refractivity contribution in [2.75, 3.05) is 26.2 Å². The zero-order valence-electron chi connectivity index (χ0n) is 14.3. The van der Waals surface area contributed by atoms with Gasteiger partial charge in [-0.2, -0.15) is 0 Å². The van der Waals surface area contributed by atoms with E-state index in [1.54, 1.807) is 20.8 Å². The third-order valence-electron chi connectivity index (χ3n) is 3.15. The number of alkyl halides is 3. The number of likely N-dealkylation sites (tertiary alicyclic amines) is 1. The third-order valence-corrected chi connectivity index (χ3v) is 3.47. The van der Waals surface area contributed by atoms with Crippen molar-refractivity contribution in [2.45, 2.75) is 42.6 Å². The predicted octanol–water partition coefficient (Wildman–Crippen LogP) is 2.29. The van der Waals surface area contributed by atoms with Crippen molar-refractivity contribution < 1.29 is 23.9 Å². The summed E-state index contributed by atoms with van der Waals surface area (Å²) in [6, 6.07) is -0.338. The van der Waals surface area contributed by atoms with E-state index in [4.69, 9.17) is 50.0 Å². The fourth-order valence-corrected chi connectivity index (χ4v) is 2.17. The van der Waals surface area contributed by atoms with Crippen LogP contribution in [0.15, 0.2) is 0 Å². The van der Waals surface area contributed by atoms with E-state index < -0.39 is 34.1 Å². The molecule has 1 heterocycles. The van der Waals surface area contributed by atoms with Crippen LogP contribution >= 0.6 is 34.8 Å². The first kappa shape index (κ1) is 21.9. The summed E-state index contributed by atoms with van der Waals surface area (Å²) in [5.41, 5.74) is 4.51. The summed E-state index contributed by atoms with van der Waals surface area (Å²) in [4.78, 5) is 37.9. The molecule has 0 spiro atoms. The van der Waals surface area contributed by atoms with Crippen molar-refractivity contribution in [3.63, 3.8) is 0 Å². The first-order valence-corrected chi connectivity index (χ1v) is 8.68. The number of hydrogen-bond acceptors (Lipinski definition) is 5. The summed E-state index contributed by atoms with van der Waals surface area (Å²) in [6.07, 6.45) is -1.28. The van der Waals surface area contributed by atoms with E-state index in [1.165, 1.54) is 9.80 Å². The smallest absolute Gasteiger partial charge is 0.410 e. The predicted molar refractivity (Wildman–Crippen MR) is 93.8 cm³/mol. The van der Waals surface area contributed by atoms with Gasteiger partial charge in [-0.15, -0.1) is 0 Å². The summed E-state index contributed by atoms with van der Waals surface area (Å²) in [5.74, 6) is -0.567. The number of amides is 3. The van der Waals surface area contributed by atoms with Crippen LogP contribution in [0, 0.1) is 0 Å². The van der Waals surface area contributed by atoms with Crippen LogP contribution in [0.5, 0.6) is 0 Å². The second-order valence-corrected chi connectivity index (χ2v) is 9.13. The lowest BCUT2D eigenvalue weighted by Gasteiger charge is -2.44. The maximum absolute atomic E-state index is 12.2. The molecule has 1 aliphatic rings. The van der Waals surface area contributed by atoms with E-state index in [0.717, 1.165) is 0 Å². The first-order chi connectivity index (χ1) is 11.3. The highest BCUT2D eigenvalue weighted by molar-refractivity contribution is 6.67. The molecule has 0 unspecified atom stereocenters. The highest BCUT2D eigenvalue weighted by atomic mass is 35.6. The van der Waals surface area contributed by atoms with E-state index in [-0.39, 0.29) is 32.1 Å². The van der Waals surface area contributed by atoms with Gasteiger partial charge in [0.15, 0.2) is 0 Å². The van der Waals surface area contributed by atoms with Crippen molar-refractivity contribution >= 4 is 52.9 Å². The Kier molecular flexibility index (Phi) is 7.46. The van der Waals surface area contributed by atoms with Gasteiger partial charge in [0.05, 0.1) is 6.04 Å². The van der Waals surface area contributed by atoms with Gasteiger partial charge in [0.25, 0.3) is 0 Å². The van der Waals surface area contributed by atoms with Gasteiger partial charge in [-0.25, -0.2) is 9.59 Å². The molecule has 0 saturated carbocycles. The molecule has 1 rings (SSSR count). The SMILES string of the molecule is CC(C)(C)OC(=O)N1CC(N(CCC(N)=O)C(=O)OCC(Cl)(Cl)Cl)C1. The van der Waals surface area contributed by atoms with Gasteiger partial charge < -0.3 is 25.0 Å². The fraction of sp³-hybridized carbons (Fsp3) is 0.786. The molecule has 0 aromatic heterocycles. The van der Waals surface area contributed by atoms with Crippen LogP contribution < -0.4 is 5.73 Å². The van der Waals surface area contributed by atoms with Gasteiger partial charge in [-0.05, 0) is 20.8 Å². The van der Waals surface area contributed by atoms with Crippen molar-refractivity contribution in [1.82, 2.24) is 9.80 Å². The van der Waals surface area contributed by atoms with Crippen molar-refractivity contribution in [2.24, 2.45) is 5.73 Å². The topological polar surface area (TPSA) is 102 Å². The minimum Gasteiger partial charge on any atom is -0.445 e. The number of carbonyl (C=O) groups is 3. The number of nitrogens with two attached hydrogens (primary N) is 1. The Balaban J connectivity index is 2.62. The molecule has 0 aliphatic carbocycles. The molecule has 1 fully saturated rings. The van der Waals surface area contributed by atoms with E-state index in [1.807, 2.05) is 0 Å². The summed E-state index contributed by atoms with van der Waals surface area (Å²) in [7, 11) is 0. The second-order valence-electron chi connectivity index (χ2n) is 6.62. The zero-order chi connectivity index (χ0) is 19.4. The number of hydrogen-bond donors (Lipinski definition) is 1. The summed E-state index contributed by atoms with van der Waals surface area (Å²) in [6.45, 7) is 5.38. The van der Waals surface area contributed by atoms with Crippen LogP contribution in [0.4, 0.5) is 9.59 Å². The molecule has 3 amide bonds. The summed E-state index contributed by atoms with van der Waals surface area (Å²) >= 11 is 16.7. The van der Waals surface area contributed by atoms with E-state index in [9.17, 15) is 14.4 Å². The molecule has 1 saturated heterocycles. The molecule has 1 aliphatic heterocycles. The lowest BCUT2D eigenvalue weighted by molar-refractivity contribution is -0.118.